The molecular formula is C12H21F2N3O. The van der Waals surface area contributed by atoms with E-state index in [1.165, 1.54) is 0 Å². The SMILES string of the molecule is CCc1cc(CNCCOCC(F)F)n(CC)n1. The van der Waals surface area contributed by atoms with Crippen LogP contribution in [0.1, 0.15) is 25.2 Å². The van der Waals surface area contributed by atoms with Crippen molar-refractivity contribution in [2.75, 3.05) is 19.8 Å². The summed E-state index contributed by atoms with van der Waals surface area (Å²) in [6, 6.07) is 2.07. The fourth-order valence-corrected chi connectivity index (χ4v) is 1.64. The zero-order valence-electron chi connectivity index (χ0n) is 11.0. The third-order valence-corrected chi connectivity index (χ3v) is 2.55. The number of nitrogens with zero attached hydrogens (tertiary/aromatic N) is 2. The topological polar surface area (TPSA) is 39.1 Å². The van der Waals surface area contributed by atoms with Crippen molar-refractivity contribution in [1.29, 1.82) is 0 Å². The Hall–Kier alpha value is -1.01. The molecule has 0 aromatic carbocycles. The van der Waals surface area contributed by atoms with Crippen LogP contribution in [0.3, 0.4) is 0 Å². The molecule has 1 N–H and O–H groups in total. The number of ether oxygens (including phenoxy) is 1. The quantitative estimate of drug-likeness (QED) is 0.689. The summed E-state index contributed by atoms with van der Waals surface area (Å²) in [4.78, 5) is 0. The highest BCUT2D eigenvalue weighted by Gasteiger charge is 2.05. The van der Waals surface area contributed by atoms with Crippen molar-refractivity contribution in [3.05, 3.63) is 17.5 Å². The third-order valence-electron chi connectivity index (χ3n) is 2.55. The molecule has 0 bridgehead atoms. The van der Waals surface area contributed by atoms with Gasteiger partial charge in [-0.15, -0.1) is 0 Å². The average Bonchev–Trinajstić information content (AvgIpc) is 2.75. The summed E-state index contributed by atoms with van der Waals surface area (Å²) in [5, 5.41) is 7.59. The minimum absolute atomic E-state index is 0.297. The van der Waals surface area contributed by atoms with Crippen molar-refractivity contribution in [1.82, 2.24) is 15.1 Å². The zero-order chi connectivity index (χ0) is 13.4. The summed E-state index contributed by atoms with van der Waals surface area (Å²) in [6.45, 7) is 5.99. The van der Waals surface area contributed by atoms with Crippen molar-refractivity contribution in [2.24, 2.45) is 0 Å². The predicted molar refractivity (Wildman–Crippen MR) is 65.8 cm³/mol. The lowest BCUT2D eigenvalue weighted by Crippen LogP contribution is -2.22. The van der Waals surface area contributed by atoms with Gasteiger partial charge in [-0.05, 0) is 19.4 Å². The number of nitrogens with one attached hydrogen (secondary N) is 1. The standard InChI is InChI=1S/C12H21F2N3O/c1-3-10-7-11(17(4-2)16-10)8-15-5-6-18-9-12(13)14/h7,12,15H,3-6,8-9H2,1-2H3. The van der Waals surface area contributed by atoms with E-state index < -0.39 is 13.0 Å². The maximum absolute atomic E-state index is 11.8. The van der Waals surface area contributed by atoms with E-state index in [0.717, 1.165) is 24.4 Å². The first-order valence-corrected chi connectivity index (χ1v) is 6.29. The Labute approximate surface area is 106 Å². The Balaban J connectivity index is 2.24. The van der Waals surface area contributed by atoms with Gasteiger partial charge in [-0.25, -0.2) is 8.78 Å². The Morgan fingerprint density at radius 2 is 2.22 bits per heavy atom. The molecule has 0 saturated heterocycles. The zero-order valence-corrected chi connectivity index (χ0v) is 11.0. The van der Waals surface area contributed by atoms with Gasteiger partial charge < -0.3 is 10.1 Å². The van der Waals surface area contributed by atoms with Gasteiger partial charge in [0, 0.05) is 19.6 Å². The van der Waals surface area contributed by atoms with E-state index in [2.05, 4.69) is 23.4 Å². The van der Waals surface area contributed by atoms with Crippen LogP contribution in [0.4, 0.5) is 8.78 Å². The second-order valence-corrected chi connectivity index (χ2v) is 3.94. The molecule has 1 heterocycles. The molecule has 6 heteroatoms. The Kier molecular flexibility index (Phi) is 6.82. The van der Waals surface area contributed by atoms with E-state index in [9.17, 15) is 8.78 Å². The number of rotatable bonds is 9. The van der Waals surface area contributed by atoms with Gasteiger partial charge in [0.05, 0.1) is 18.0 Å². The summed E-state index contributed by atoms with van der Waals surface area (Å²) >= 11 is 0. The van der Waals surface area contributed by atoms with Crippen LogP contribution in [0.5, 0.6) is 0 Å². The Morgan fingerprint density at radius 3 is 2.83 bits per heavy atom. The second-order valence-electron chi connectivity index (χ2n) is 3.94. The fraction of sp³-hybridized carbons (Fsp3) is 0.750. The van der Waals surface area contributed by atoms with Gasteiger partial charge in [0.2, 0.25) is 0 Å². The van der Waals surface area contributed by atoms with E-state index in [1.807, 2.05) is 11.6 Å². The molecule has 0 atom stereocenters. The predicted octanol–water partition coefficient (Wildman–Crippen LogP) is 1.84. The van der Waals surface area contributed by atoms with E-state index in [1.54, 1.807) is 0 Å². The van der Waals surface area contributed by atoms with Gasteiger partial charge >= 0.3 is 0 Å². The molecule has 1 aromatic heterocycles. The molecule has 4 nitrogen and oxygen atoms in total. The summed E-state index contributed by atoms with van der Waals surface area (Å²) in [7, 11) is 0. The van der Waals surface area contributed by atoms with Crippen LogP contribution < -0.4 is 5.32 Å². The molecule has 18 heavy (non-hydrogen) atoms. The molecule has 1 aromatic rings. The first-order chi connectivity index (χ1) is 8.67. The van der Waals surface area contributed by atoms with Crippen LogP contribution in [-0.4, -0.2) is 36.0 Å². The molecular weight excluding hydrogens is 240 g/mol. The Morgan fingerprint density at radius 1 is 1.44 bits per heavy atom. The van der Waals surface area contributed by atoms with Crippen LogP contribution >= 0.6 is 0 Å². The number of aromatic nitrogens is 2. The van der Waals surface area contributed by atoms with Gasteiger partial charge in [0.25, 0.3) is 6.43 Å². The highest BCUT2D eigenvalue weighted by atomic mass is 19.3. The van der Waals surface area contributed by atoms with Crippen molar-refractivity contribution >= 4 is 0 Å². The largest absolute Gasteiger partial charge is 0.374 e. The van der Waals surface area contributed by atoms with Gasteiger partial charge in [-0.1, -0.05) is 6.92 Å². The summed E-state index contributed by atoms with van der Waals surface area (Å²) in [5.74, 6) is 0. The molecule has 1 rings (SSSR count). The van der Waals surface area contributed by atoms with Crippen molar-refractivity contribution in [3.63, 3.8) is 0 Å². The lowest BCUT2D eigenvalue weighted by molar-refractivity contribution is 0.0187. The minimum atomic E-state index is -2.39. The lowest BCUT2D eigenvalue weighted by atomic mass is 10.3. The van der Waals surface area contributed by atoms with E-state index in [4.69, 9.17) is 4.74 Å². The van der Waals surface area contributed by atoms with Crippen molar-refractivity contribution < 1.29 is 13.5 Å². The average molecular weight is 261 g/mol. The van der Waals surface area contributed by atoms with E-state index in [-0.39, 0.29) is 0 Å². The first kappa shape index (κ1) is 15.0. The monoisotopic (exact) mass is 261 g/mol. The molecule has 104 valence electrons. The molecule has 0 saturated carbocycles. The molecule has 0 radical (unpaired) electrons. The molecule has 0 aliphatic heterocycles. The molecule has 0 fully saturated rings. The molecule has 0 amide bonds. The second kappa shape index (κ2) is 8.16. The van der Waals surface area contributed by atoms with Crippen LogP contribution in [0.2, 0.25) is 0 Å². The van der Waals surface area contributed by atoms with Crippen LogP contribution in [0, 0.1) is 0 Å². The molecule has 0 spiro atoms. The minimum Gasteiger partial charge on any atom is -0.374 e. The number of hydrogen-bond acceptors (Lipinski definition) is 3. The number of hydrogen-bond donors (Lipinski definition) is 1. The maximum Gasteiger partial charge on any atom is 0.261 e. The molecule has 0 aliphatic rings. The van der Waals surface area contributed by atoms with Crippen molar-refractivity contribution in [2.45, 2.75) is 39.8 Å². The first-order valence-electron chi connectivity index (χ1n) is 6.29. The highest BCUT2D eigenvalue weighted by Crippen LogP contribution is 2.05. The van der Waals surface area contributed by atoms with Gasteiger partial charge in [-0.2, -0.15) is 5.10 Å². The number of halogens is 2. The summed E-state index contributed by atoms with van der Waals surface area (Å²) in [5.41, 5.74) is 2.19. The lowest BCUT2D eigenvalue weighted by Gasteiger charge is -2.07. The number of alkyl halides is 2. The smallest absolute Gasteiger partial charge is 0.261 e. The van der Waals surface area contributed by atoms with Crippen molar-refractivity contribution in [3.8, 4) is 0 Å². The van der Waals surface area contributed by atoms with Crippen LogP contribution in [0.15, 0.2) is 6.07 Å². The van der Waals surface area contributed by atoms with Gasteiger partial charge in [0.1, 0.15) is 6.61 Å². The van der Waals surface area contributed by atoms with E-state index >= 15 is 0 Å². The molecule has 0 unspecified atom stereocenters. The van der Waals surface area contributed by atoms with Crippen LogP contribution in [-0.2, 0) is 24.2 Å². The fourth-order valence-electron chi connectivity index (χ4n) is 1.64. The maximum atomic E-state index is 11.8. The highest BCUT2D eigenvalue weighted by molar-refractivity contribution is 5.10. The van der Waals surface area contributed by atoms with Gasteiger partial charge in [-0.3, -0.25) is 4.68 Å². The third kappa shape index (κ3) is 5.10. The Bertz CT molecular complexity index is 342. The molecule has 0 aliphatic carbocycles. The normalized spacial score (nSPS) is 11.4. The summed E-state index contributed by atoms with van der Waals surface area (Å²) in [6.07, 6.45) is -1.48. The summed E-state index contributed by atoms with van der Waals surface area (Å²) < 4.78 is 30.3. The van der Waals surface area contributed by atoms with Gasteiger partial charge in [0.15, 0.2) is 0 Å². The van der Waals surface area contributed by atoms with E-state index in [0.29, 0.717) is 19.7 Å². The van der Waals surface area contributed by atoms with Crippen LogP contribution in [0.25, 0.3) is 0 Å². The number of aryl methyl sites for hydroxylation is 2.